The molecule has 1 spiro atoms. The fourth-order valence-corrected chi connectivity index (χ4v) is 13.4. The molecule has 0 aromatic heterocycles. The molecule has 19 atom stereocenters. The lowest BCUT2D eigenvalue weighted by Crippen LogP contribution is -2.70. The van der Waals surface area contributed by atoms with Crippen molar-refractivity contribution in [2.24, 2.45) is 57.7 Å². The maximum atomic E-state index is 13.8. The molecule has 0 bridgehead atoms. The van der Waals surface area contributed by atoms with Crippen molar-refractivity contribution in [2.75, 3.05) is 0 Å². The summed E-state index contributed by atoms with van der Waals surface area (Å²) < 4.78 is 43.1. The molecular weight excluding hydrogens is 640 g/mol. The lowest BCUT2D eigenvalue weighted by atomic mass is 9.41. The van der Waals surface area contributed by atoms with E-state index in [0.717, 1.165) is 6.42 Å². The zero-order valence-electron chi connectivity index (χ0n) is 29.6. The van der Waals surface area contributed by atoms with E-state index in [1.165, 1.54) is 34.6 Å². The van der Waals surface area contributed by atoms with E-state index >= 15 is 0 Å². The molecule has 5 saturated carbocycles. The molecule has 8 fully saturated rings. The highest BCUT2D eigenvalue weighted by Gasteiger charge is 2.93. The first kappa shape index (κ1) is 33.4. The number of esters is 5. The molecule has 0 aromatic carbocycles. The van der Waals surface area contributed by atoms with Crippen LogP contribution in [-0.4, -0.2) is 89.1 Å². The second kappa shape index (κ2) is 9.97. The predicted octanol–water partition coefficient (Wildman–Crippen LogP) is 2.47. The minimum atomic E-state index is -1.83. The summed E-state index contributed by atoms with van der Waals surface area (Å²) in [6.45, 7) is 14.6. The van der Waals surface area contributed by atoms with Crippen molar-refractivity contribution in [2.45, 2.75) is 136 Å². The van der Waals surface area contributed by atoms with Crippen molar-refractivity contribution in [3.63, 3.8) is 0 Å². The van der Waals surface area contributed by atoms with Gasteiger partial charge in [0.2, 0.25) is 5.60 Å². The molecule has 3 heterocycles. The molecule has 0 aromatic rings. The highest BCUT2D eigenvalue weighted by atomic mass is 16.8. The SMILES string of the molecule is CC(=O)O[C@H]1C[C@H]2C[C@@H]3O[C@@H]3C[C@]2(C)C2C1[C@@H]1[C@@H](O)[C@@H]3[C@H]([C@H](C)[C@H]4O[C@]45OC(=O)[C@@](C)(OC(C)=O)[C@]35C)[C@@]1(C)[C@@H](OC(C)=O)[C@H]2OC(C)=O. The second-order valence-electron chi connectivity index (χ2n) is 17.2. The largest absolute Gasteiger partial charge is 0.462 e. The van der Waals surface area contributed by atoms with Gasteiger partial charge < -0.3 is 38.3 Å². The fraction of sp³-hybridized carbons (Fsp3) is 0.861. The average Bonchev–Trinajstić information content (AvgIpc) is 3.87. The van der Waals surface area contributed by atoms with E-state index in [-0.39, 0.29) is 24.0 Å². The van der Waals surface area contributed by atoms with E-state index in [0.29, 0.717) is 12.8 Å². The van der Waals surface area contributed by atoms with Crippen LogP contribution in [0.25, 0.3) is 0 Å². The van der Waals surface area contributed by atoms with Crippen LogP contribution < -0.4 is 0 Å². The molecule has 8 aliphatic rings. The number of hydrogen-bond acceptors (Lipinski definition) is 13. The van der Waals surface area contributed by atoms with Crippen molar-refractivity contribution in [1.29, 1.82) is 0 Å². The number of aliphatic hydroxyl groups excluding tert-OH is 1. The van der Waals surface area contributed by atoms with E-state index in [4.69, 9.17) is 33.2 Å². The zero-order chi connectivity index (χ0) is 35.5. The summed E-state index contributed by atoms with van der Waals surface area (Å²) in [4.78, 5) is 65.4. The van der Waals surface area contributed by atoms with Crippen LogP contribution in [0.3, 0.4) is 0 Å². The van der Waals surface area contributed by atoms with Crippen molar-refractivity contribution in [1.82, 2.24) is 0 Å². The molecule has 13 nitrogen and oxygen atoms in total. The van der Waals surface area contributed by atoms with Crippen molar-refractivity contribution in [3.05, 3.63) is 0 Å². The number of hydrogen-bond donors (Lipinski definition) is 1. The Hall–Kier alpha value is -2.77. The third-order valence-corrected chi connectivity index (χ3v) is 15.1. The Morgan fingerprint density at radius 2 is 1.47 bits per heavy atom. The van der Waals surface area contributed by atoms with Gasteiger partial charge in [0, 0.05) is 56.8 Å². The summed E-state index contributed by atoms with van der Waals surface area (Å²) in [6.07, 6.45) is -2.33. The number of aliphatic hydroxyl groups is 1. The molecule has 2 unspecified atom stereocenters. The van der Waals surface area contributed by atoms with Crippen LogP contribution in [0.2, 0.25) is 0 Å². The zero-order valence-corrected chi connectivity index (χ0v) is 29.6. The first-order valence-electron chi connectivity index (χ1n) is 17.7. The quantitative estimate of drug-likeness (QED) is 0.259. The molecule has 49 heavy (non-hydrogen) atoms. The fourth-order valence-electron chi connectivity index (χ4n) is 13.4. The molecule has 5 aliphatic carbocycles. The number of epoxide rings is 2. The lowest BCUT2D eigenvalue weighted by molar-refractivity contribution is -0.270. The van der Waals surface area contributed by atoms with Gasteiger partial charge in [-0.05, 0) is 56.3 Å². The predicted molar refractivity (Wildman–Crippen MR) is 163 cm³/mol. The summed E-state index contributed by atoms with van der Waals surface area (Å²) in [7, 11) is 0. The highest BCUT2D eigenvalue weighted by Crippen LogP contribution is 2.81. The van der Waals surface area contributed by atoms with E-state index < -0.39 is 118 Å². The molecule has 270 valence electrons. The molecule has 0 radical (unpaired) electrons. The minimum Gasteiger partial charge on any atom is -0.462 e. The summed E-state index contributed by atoms with van der Waals surface area (Å²) in [6, 6.07) is 0. The van der Waals surface area contributed by atoms with Crippen molar-refractivity contribution >= 4 is 29.8 Å². The van der Waals surface area contributed by atoms with Crippen LogP contribution in [0.15, 0.2) is 0 Å². The van der Waals surface area contributed by atoms with Crippen LogP contribution in [0, 0.1) is 57.7 Å². The molecule has 8 rings (SSSR count). The Morgan fingerprint density at radius 3 is 2.08 bits per heavy atom. The Morgan fingerprint density at radius 1 is 0.816 bits per heavy atom. The van der Waals surface area contributed by atoms with Crippen LogP contribution in [0.5, 0.6) is 0 Å². The average molecular weight is 689 g/mol. The summed E-state index contributed by atoms with van der Waals surface area (Å²) >= 11 is 0. The van der Waals surface area contributed by atoms with Gasteiger partial charge in [0.15, 0.2) is 0 Å². The number of carbonyl (C=O) groups is 5. The smallest absolute Gasteiger partial charge is 0.353 e. The number of ether oxygens (including phenoxy) is 7. The van der Waals surface area contributed by atoms with E-state index in [1.54, 1.807) is 6.92 Å². The molecular formula is C36H48O13. The molecule has 0 amide bonds. The van der Waals surface area contributed by atoms with E-state index in [9.17, 15) is 29.1 Å². The minimum absolute atomic E-state index is 0.0378. The van der Waals surface area contributed by atoms with Gasteiger partial charge in [-0.2, -0.15) is 0 Å². The monoisotopic (exact) mass is 688 g/mol. The van der Waals surface area contributed by atoms with Gasteiger partial charge >= 0.3 is 29.8 Å². The van der Waals surface area contributed by atoms with E-state index in [2.05, 4.69) is 6.92 Å². The first-order valence-corrected chi connectivity index (χ1v) is 17.7. The van der Waals surface area contributed by atoms with Crippen molar-refractivity contribution < 1.29 is 62.2 Å². The van der Waals surface area contributed by atoms with Crippen LogP contribution >= 0.6 is 0 Å². The van der Waals surface area contributed by atoms with E-state index in [1.807, 2.05) is 13.8 Å². The van der Waals surface area contributed by atoms with Gasteiger partial charge in [0.1, 0.15) is 24.4 Å². The molecule has 3 aliphatic heterocycles. The van der Waals surface area contributed by atoms with Gasteiger partial charge in [0.05, 0.1) is 23.7 Å². The lowest BCUT2D eigenvalue weighted by Gasteiger charge is -2.65. The molecule has 13 heteroatoms. The van der Waals surface area contributed by atoms with Crippen LogP contribution in [0.1, 0.15) is 81.6 Å². The maximum absolute atomic E-state index is 13.8. The van der Waals surface area contributed by atoms with Gasteiger partial charge in [-0.15, -0.1) is 0 Å². The van der Waals surface area contributed by atoms with Gasteiger partial charge in [-0.25, -0.2) is 4.79 Å². The standard InChI is InChI=1S/C36H48O13/c1-13-23-26(34(8)35(9,47-17(5)40)31(42)49-36(34)29(13)48-36)27(41)24-22-20(43-14(2)37)11-18-10-19-21(46-19)12-32(18,6)25(22)28(44-15(3)38)30(33(23,24)7)45-16(4)39/h13,18-30,41H,10-12H2,1-9H3/t13-,18+,19-,20-,21+,22?,23-,24+,25?,26-,27+,28-,29+,30-,32-,33+,34-,35+,36-/m0/s1. The summed E-state index contributed by atoms with van der Waals surface area (Å²) in [5.74, 6) is -7.80. The Kier molecular flexibility index (Phi) is 6.79. The summed E-state index contributed by atoms with van der Waals surface area (Å²) in [5, 5.41) is 13.1. The third kappa shape index (κ3) is 3.90. The Balaban J connectivity index is 1.37. The number of rotatable bonds is 4. The van der Waals surface area contributed by atoms with Crippen molar-refractivity contribution in [3.8, 4) is 0 Å². The topological polar surface area (TPSA) is 177 Å². The molecule has 1 N–H and O–H groups in total. The Bertz CT molecular complexity index is 1550. The number of fused-ring (bicyclic) bond motifs is 9. The number of carbonyl (C=O) groups excluding carboxylic acids is 5. The summed E-state index contributed by atoms with van der Waals surface area (Å²) in [5.41, 5.74) is -4.80. The molecule has 3 saturated heterocycles. The second-order valence-corrected chi connectivity index (χ2v) is 17.2. The van der Waals surface area contributed by atoms with Crippen LogP contribution in [0.4, 0.5) is 0 Å². The van der Waals surface area contributed by atoms with Gasteiger partial charge in [-0.1, -0.05) is 20.8 Å². The van der Waals surface area contributed by atoms with Gasteiger partial charge in [0.25, 0.3) is 5.79 Å². The van der Waals surface area contributed by atoms with Crippen LogP contribution in [-0.2, 0) is 57.1 Å². The maximum Gasteiger partial charge on any atom is 0.353 e. The Labute approximate surface area is 285 Å². The third-order valence-electron chi connectivity index (χ3n) is 15.1. The van der Waals surface area contributed by atoms with Gasteiger partial charge in [-0.3, -0.25) is 19.2 Å². The highest BCUT2D eigenvalue weighted by molar-refractivity contribution is 5.87. The normalized spacial score (nSPS) is 56.9. The first-order chi connectivity index (χ1) is 22.8.